The topological polar surface area (TPSA) is 84.9 Å². The minimum Gasteiger partial charge on any atom is -0.497 e. The molecule has 0 fully saturated rings. The van der Waals surface area contributed by atoms with Gasteiger partial charge in [-0.15, -0.1) is 0 Å². The van der Waals surface area contributed by atoms with Crippen LogP contribution in [0, 0.1) is 0 Å². The zero-order valence-electron chi connectivity index (χ0n) is 18.6. The van der Waals surface area contributed by atoms with Crippen molar-refractivity contribution in [3.05, 3.63) is 54.1 Å². The van der Waals surface area contributed by atoms with Gasteiger partial charge >= 0.3 is 0 Å². The van der Waals surface area contributed by atoms with Gasteiger partial charge in [-0.2, -0.15) is 0 Å². The van der Waals surface area contributed by atoms with Crippen molar-refractivity contribution in [1.29, 1.82) is 0 Å². The van der Waals surface area contributed by atoms with Gasteiger partial charge in [0.25, 0.3) is 0 Å². The van der Waals surface area contributed by atoms with Crippen LogP contribution in [0.2, 0.25) is 0 Å². The number of hydrogen-bond acceptors (Lipinski definition) is 5. The predicted molar refractivity (Wildman–Crippen MR) is 121 cm³/mol. The fourth-order valence-electron chi connectivity index (χ4n) is 3.99. The van der Waals surface area contributed by atoms with Crippen LogP contribution in [0.1, 0.15) is 45.2 Å². The minimum absolute atomic E-state index is 0.279. The molecule has 2 aromatic rings. The zero-order chi connectivity index (χ0) is 22.8. The van der Waals surface area contributed by atoms with Gasteiger partial charge in [-0.3, -0.25) is 9.10 Å². The third kappa shape index (κ3) is 5.12. The van der Waals surface area contributed by atoms with Gasteiger partial charge < -0.3 is 14.8 Å². The number of nitrogens with zero attached hydrogens (tertiary/aromatic N) is 1. The summed E-state index contributed by atoms with van der Waals surface area (Å²) in [5, 5.41) is 3.08. The highest BCUT2D eigenvalue weighted by atomic mass is 32.2. The van der Waals surface area contributed by atoms with E-state index in [4.69, 9.17) is 9.47 Å². The summed E-state index contributed by atoms with van der Waals surface area (Å²) >= 11 is 0. The van der Waals surface area contributed by atoms with Gasteiger partial charge in [0.2, 0.25) is 15.9 Å². The minimum atomic E-state index is -3.71. The maximum Gasteiger partial charge on any atom is 0.244 e. The molecule has 1 aliphatic heterocycles. The quantitative estimate of drug-likeness (QED) is 0.702. The molecular weight excluding hydrogens is 416 g/mol. The Balaban J connectivity index is 1.92. The number of sulfonamides is 1. The molecule has 8 heteroatoms. The molecule has 1 aliphatic rings. The Morgan fingerprint density at radius 2 is 1.87 bits per heavy atom. The lowest BCUT2D eigenvalue weighted by atomic mass is 9.89. The van der Waals surface area contributed by atoms with Crippen molar-refractivity contribution < 1.29 is 22.7 Å². The van der Waals surface area contributed by atoms with Crippen molar-refractivity contribution in [3.8, 4) is 11.5 Å². The Hall–Kier alpha value is -2.74. The number of fused-ring (bicyclic) bond motifs is 1. The molecule has 0 aromatic heterocycles. The van der Waals surface area contributed by atoms with E-state index in [1.54, 1.807) is 38.3 Å². The molecule has 0 saturated carbocycles. The van der Waals surface area contributed by atoms with Crippen LogP contribution < -0.4 is 19.1 Å². The van der Waals surface area contributed by atoms with Crippen molar-refractivity contribution in [2.45, 2.75) is 51.3 Å². The largest absolute Gasteiger partial charge is 0.497 e. The number of rotatable bonds is 7. The molecule has 2 aromatic carbocycles. The van der Waals surface area contributed by atoms with Gasteiger partial charge in [0.05, 0.1) is 25.1 Å². The van der Waals surface area contributed by atoms with E-state index in [-0.39, 0.29) is 11.9 Å². The van der Waals surface area contributed by atoms with Crippen LogP contribution in [0.3, 0.4) is 0 Å². The third-order valence-electron chi connectivity index (χ3n) is 5.35. The monoisotopic (exact) mass is 446 g/mol. The Morgan fingerprint density at radius 1 is 1.23 bits per heavy atom. The number of para-hydroxylation sites is 1. The number of carbonyl (C=O) groups excluding carboxylic acids is 1. The number of hydrogen-bond donors (Lipinski definition) is 1. The van der Waals surface area contributed by atoms with Crippen LogP contribution >= 0.6 is 0 Å². The van der Waals surface area contributed by atoms with Gasteiger partial charge in [-0.25, -0.2) is 8.42 Å². The Labute approximate surface area is 184 Å². The molecule has 1 heterocycles. The van der Waals surface area contributed by atoms with E-state index < -0.39 is 21.7 Å². The number of carbonyl (C=O) groups is 1. The van der Waals surface area contributed by atoms with Crippen LogP contribution in [-0.2, 0) is 14.8 Å². The normalized spacial score (nSPS) is 18.3. The van der Waals surface area contributed by atoms with E-state index in [1.165, 1.54) is 4.31 Å². The Bertz CT molecular complexity index is 1030. The first-order valence-corrected chi connectivity index (χ1v) is 12.1. The number of anilines is 1. The second-order valence-corrected chi connectivity index (χ2v) is 10.2. The summed E-state index contributed by atoms with van der Waals surface area (Å²) in [7, 11) is -2.17. The van der Waals surface area contributed by atoms with Crippen molar-refractivity contribution in [3.63, 3.8) is 0 Å². The first-order chi connectivity index (χ1) is 14.6. The number of benzene rings is 2. The highest BCUT2D eigenvalue weighted by Crippen LogP contribution is 2.39. The lowest BCUT2D eigenvalue weighted by molar-refractivity contribution is -0.123. The Kier molecular flexibility index (Phi) is 6.50. The zero-order valence-corrected chi connectivity index (χ0v) is 19.4. The smallest absolute Gasteiger partial charge is 0.244 e. The molecule has 0 saturated heterocycles. The van der Waals surface area contributed by atoms with Gasteiger partial charge in [0.15, 0.2) is 0 Å². The average molecular weight is 447 g/mol. The molecule has 7 nitrogen and oxygen atoms in total. The van der Waals surface area contributed by atoms with Crippen molar-refractivity contribution in [1.82, 2.24) is 5.32 Å². The standard InChI is InChI=1S/C23H30N2O5S/c1-6-20(25(31(5,27)28)16-11-13-17(29-4)14-12-16)22(26)24-19-15-23(2,3)30-21-10-8-7-9-18(19)21/h7-14,19-20H,6,15H2,1-5H3,(H,24,26)/t19-,20-/m0/s1. The summed E-state index contributed by atoms with van der Waals surface area (Å²) in [4.78, 5) is 13.4. The molecular formula is C23H30N2O5S. The number of methoxy groups -OCH3 is 1. The van der Waals surface area contributed by atoms with Gasteiger partial charge in [-0.1, -0.05) is 25.1 Å². The summed E-state index contributed by atoms with van der Waals surface area (Å²) in [6.07, 6.45) is 2.01. The van der Waals surface area contributed by atoms with E-state index in [0.717, 1.165) is 17.6 Å². The molecule has 0 aliphatic carbocycles. The lowest BCUT2D eigenvalue weighted by Gasteiger charge is -2.39. The molecule has 0 spiro atoms. The second-order valence-electron chi connectivity index (χ2n) is 8.35. The molecule has 0 unspecified atom stereocenters. The van der Waals surface area contributed by atoms with Gasteiger partial charge in [0, 0.05) is 12.0 Å². The second kappa shape index (κ2) is 8.78. The molecule has 31 heavy (non-hydrogen) atoms. The molecule has 0 radical (unpaired) electrons. The van der Waals surface area contributed by atoms with E-state index in [1.807, 2.05) is 38.1 Å². The van der Waals surface area contributed by atoms with Crippen LogP contribution in [0.25, 0.3) is 0 Å². The molecule has 2 atom stereocenters. The van der Waals surface area contributed by atoms with Crippen LogP contribution in [0.4, 0.5) is 5.69 Å². The highest BCUT2D eigenvalue weighted by molar-refractivity contribution is 7.92. The number of nitrogens with one attached hydrogen (secondary N) is 1. The molecule has 0 bridgehead atoms. The van der Waals surface area contributed by atoms with E-state index in [2.05, 4.69) is 5.32 Å². The first-order valence-electron chi connectivity index (χ1n) is 10.3. The number of ether oxygens (including phenoxy) is 2. The van der Waals surface area contributed by atoms with Gasteiger partial charge in [0.1, 0.15) is 23.1 Å². The van der Waals surface area contributed by atoms with Crippen molar-refractivity contribution in [2.24, 2.45) is 0 Å². The SMILES string of the molecule is CC[C@@H](C(=O)N[C@H]1CC(C)(C)Oc2ccccc21)N(c1ccc(OC)cc1)S(C)(=O)=O. The highest BCUT2D eigenvalue weighted by Gasteiger charge is 2.37. The summed E-state index contributed by atoms with van der Waals surface area (Å²) in [6, 6.07) is 13.1. The van der Waals surface area contributed by atoms with Crippen molar-refractivity contribution in [2.75, 3.05) is 17.7 Å². The Morgan fingerprint density at radius 3 is 2.45 bits per heavy atom. The fourth-order valence-corrected chi connectivity index (χ4v) is 5.20. The summed E-state index contributed by atoms with van der Waals surface area (Å²) in [6.45, 7) is 5.74. The van der Waals surface area contributed by atoms with Crippen LogP contribution in [0.15, 0.2) is 48.5 Å². The average Bonchev–Trinajstić information content (AvgIpc) is 2.70. The molecule has 1 amide bonds. The van der Waals surface area contributed by atoms with E-state index in [9.17, 15) is 13.2 Å². The molecule has 1 N–H and O–H groups in total. The summed E-state index contributed by atoms with van der Waals surface area (Å²) in [5.41, 5.74) is 0.846. The third-order valence-corrected chi connectivity index (χ3v) is 6.53. The van der Waals surface area contributed by atoms with Gasteiger partial charge in [-0.05, 0) is 50.6 Å². The first kappa shape index (κ1) is 22.9. The number of amides is 1. The maximum atomic E-state index is 13.4. The maximum absolute atomic E-state index is 13.4. The van der Waals surface area contributed by atoms with E-state index in [0.29, 0.717) is 24.3 Å². The van der Waals surface area contributed by atoms with E-state index >= 15 is 0 Å². The van der Waals surface area contributed by atoms with Crippen molar-refractivity contribution >= 4 is 21.6 Å². The molecule has 168 valence electrons. The molecule has 3 rings (SSSR count). The van der Waals surface area contributed by atoms with Crippen LogP contribution in [0.5, 0.6) is 11.5 Å². The summed E-state index contributed by atoms with van der Waals surface area (Å²) < 4.78 is 37.7. The van der Waals surface area contributed by atoms with Crippen LogP contribution in [-0.4, -0.2) is 39.3 Å². The summed E-state index contributed by atoms with van der Waals surface area (Å²) in [5.74, 6) is 0.990. The predicted octanol–water partition coefficient (Wildman–Crippen LogP) is 3.66. The fraction of sp³-hybridized carbons (Fsp3) is 0.435. The lowest BCUT2D eigenvalue weighted by Crippen LogP contribution is -2.51.